The van der Waals surface area contributed by atoms with Gasteiger partial charge in [0, 0.05) is 6.54 Å². The molecule has 2 bridgehead atoms. The van der Waals surface area contributed by atoms with Crippen molar-refractivity contribution in [1.82, 2.24) is 4.90 Å². The van der Waals surface area contributed by atoms with Crippen molar-refractivity contribution in [2.24, 2.45) is 5.92 Å². The lowest BCUT2D eigenvalue weighted by molar-refractivity contribution is -0.167. The maximum atomic E-state index is 12.9. The topological polar surface area (TPSA) is 49.8 Å². The van der Waals surface area contributed by atoms with Crippen LogP contribution in [-0.4, -0.2) is 48.3 Å². The number of aliphatic hydroxyl groups is 1. The van der Waals surface area contributed by atoms with Gasteiger partial charge in [0.1, 0.15) is 11.5 Å². The van der Waals surface area contributed by atoms with E-state index in [-0.39, 0.29) is 18.7 Å². The van der Waals surface area contributed by atoms with Crippen molar-refractivity contribution in [3.05, 3.63) is 35.9 Å². The molecule has 0 unspecified atom stereocenters. The third-order valence-electron chi connectivity index (χ3n) is 5.45. The number of aliphatic hydroxyl groups excluding tert-OH is 1. The van der Waals surface area contributed by atoms with E-state index in [0.29, 0.717) is 12.3 Å². The van der Waals surface area contributed by atoms with Crippen molar-refractivity contribution in [2.45, 2.75) is 37.7 Å². The second kappa shape index (κ2) is 6.39. The molecule has 120 valence electrons. The predicted octanol–water partition coefficient (Wildman–Crippen LogP) is 1.96. The zero-order valence-corrected chi connectivity index (χ0v) is 13.2. The van der Waals surface area contributed by atoms with Crippen LogP contribution in [0.4, 0.5) is 0 Å². The molecule has 4 rings (SSSR count). The van der Waals surface area contributed by atoms with E-state index in [2.05, 4.69) is 4.90 Å². The Morgan fingerprint density at radius 3 is 2.50 bits per heavy atom. The Bertz CT molecular complexity index is 504. The molecule has 3 saturated heterocycles. The fraction of sp³-hybridized carbons (Fsp3) is 0.611. The van der Waals surface area contributed by atoms with Gasteiger partial charge < -0.3 is 9.84 Å². The van der Waals surface area contributed by atoms with Crippen LogP contribution in [0.2, 0.25) is 0 Å². The highest BCUT2D eigenvalue weighted by Crippen LogP contribution is 2.34. The summed E-state index contributed by atoms with van der Waals surface area (Å²) in [7, 11) is 0. The first kappa shape index (κ1) is 15.5. The number of carbonyl (C=O) groups excluding carboxylic acids is 1. The minimum Gasteiger partial charge on any atom is -0.460 e. The van der Waals surface area contributed by atoms with Crippen molar-refractivity contribution >= 4 is 5.97 Å². The molecule has 0 spiro atoms. The number of hydrogen-bond donors (Lipinski definition) is 1. The van der Waals surface area contributed by atoms with Gasteiger partial charge in [-0.1, -0.05) is 37.3 Å². The Morgan fingerprint density at radius 2 is 2.00 bits per heavy atom. The number of ether oxygens (including phenoxy) is 1. The third kappa shape index (κ3) is 2.66. The summed E-state index contributed by atoms with van der Waals surface area (Å²) < 4.78 is 5.89. The van der Waals surface area contributed by atoms with Gasteiger partial charge in [-0.2, -0.15) is 0 Å². The van der Waals surface area contributed by atoms with Crippen LogP contribution >= 0.6 is 0 Å². The van der Waals surface area contributed by atoms with Gasteiger partial charge in [0.2, 0.25) is 0 Å². The normalized spacial score (nSPS) is 29.8. The molecular weight excluding hydrogens is 278 g/mol. The molecule has 1 aromatic rings. The maximum absolute atomic E-state index is 12.9. The molecule has 3 heterocycles. The molecule has 0 aromatic heterocycles. The van der Waals surface area contributed by atoms with Gasteiger partial charge >= 0.3 is 5.97 Å². The van der Waals surface area contributed by atoms with E-state index in [4.69, 9.17) is 4.74 Å². The summed E-state index contributed by atoms with van der Waals surface area (Å²) in [5, 5.41) is 9.95. The van der Waals surface area contributed by atoms with E-state index in [1.807, 2.05) is 37.3 Å². The number of carbonyl (C=O) groups is 1. The van der Waals surface area contributed by atoms with Crippen LogP contribution in [0.25, 0.3) is 0 Å². The highest BCUT2D eigenvalue weighted by Gasteiger charge is 2.43. The molecule has 0 radical (unpaired) electrons. The first-order chi connectivity index (χ1) is 10.7. The SMILES string of the molecule is CC[C@](CO)(C(=O)O[C@@H]1CN2CCC1CC2)c1ccccc1. The summed E-state index contributed by atoms with van der Waals surface area (Å²) in [6.45, 7) is 4.80. The van der Waals surface area contributed by atoms with Crippen LogP contribution in [0.1, 0.15) is 31.7 Å². The minimum absolute atomic E-state index is 0.0174. The highest BCUT2D eigenvalue weighted by molar-refractivity contribution is 5.83. The van der Waals surface area contributed by atoms with Crippen LogP contribution in [0.5, 0.6) is 0 Å². The van der Waals surface area contributed by atoms with E-state index >= 15 is 0 Å². The molecule has 0 amide bonds. The number of benzene rings is 1. The molecule has 1 aromatic carbocycles. The number of hydrogen-bond acceptors (Lipinski definition) is 4. The highest BCUT2D eigenvalue weighted by atomic mass is 16.5. The number of esters is 1. The zero-order valence-electron chi connectivity index (χ0n) is 13.2. The van der Waals surface area contributed by atoms with E-state index in [9.17, 15) is 9.90 Å². The molecule has 1 N–H and O–H groups in total. The van der Waals surface area contributed by atoms with Gasteiger partial charge in [-0.15, -0.1) is 0 Å². The molecule has 0 aliphatic carbocycles. The van der Waals surface area contributed by atoms with Crippen LogP contribution < -0.4 is 0 Å². The molecular formula is C18H25NO3. The lowest BCUT2D eigenvalue weighted by Crippen LogP contribution is -2.54. The van der Waals surface area contributed by atoms with Crippen molar-refractivity contribution < 1.29 is 14.6 Å². The molecule has 4 heteroatoms. The number of fused-ring (bicyclic) bond motifs is 3. The van der Waals surface area contributed by atoms with Gasteiger partial charge in [-0.25, -0.2) is 0 Å². The van der Waals surface area contributed by atoms with Crippen LogP contribution in [0.15, 0.2) is 30.3 Å². The first-order valence-corrected chi connectivity index (χ1v) is 8.29. The molecule has 2 atom stereocenters. The third-order valence-corrected chi connectivity index (χ3v) is 5.45. The largest absolute Gasteiger partial charge is 0.460 e. The lowest BCUT2D eigenvalue weighted by atomic mass is 9.78. The van der Waals surface area contributed by atoms with Gasteiger partial charge in [0.25, 0.3) is 0 Å². The molecule has 3 aliphatic heterocycles. The molecule has 0 saturated carbocycles. The molecule has 3 aliphatic rings. The van der Waals surface area contributed by atoms with Crippen LogP contribution in [0, 0.1) is 5.92 Å². The van der Waals surface area contributed by atoms with Crippen molar-refractivity contribution in [3.63, 3.8) is 0 Å². The smallest absolute Gasteiger partial charge is 0.319 e. The standard InChI is InChI=1S/C18H25NO3/c1-2-18(13-20,15-6-4-3-5-7-15)17(21)22-16-12-19-10-8-14(16)9-11-19/h3-7,14,16,20H,2,8-13H2,1H3/t16-,18-/m1/s1. The number of piperidine rings is 3. The molecule has 3 fully saturated rings. The summed E-state index contributed by atoms with van der Waals surface area (Å²) in [5.74, 6) is 0.209. The van der Waals surface area contributed by atoms with Gasteiger partial charge in [0.15, 0.2) is 0 Å². The predicted molar refractivity (Wildman–Crippen MR) is 84.5 cm³/mol. The van der Waals surface area contributed by atoms with E-state index in [1.54, 1.807) is 0 Å². The Kier molecular flexibility index (Phi) is 4.50. The summed E-state index contributed by atoms with van der Waals surface area (Å²) in [6.07, 6.45) is 2.74. The number of nitrogens with zero attached hydrogens (tertiary/aromatic N) is 1. The van der Waals surface area contributed by atoms with Crippen molar-refractivity contribution in [3.8, 4) is 0 Å². The second-order valence-corrected chi connectivity index (χ2v) is 6.54. The van der Waals surface area contributed by atoms with Gasteiger partial charge in [0.05, 0.1) is 6.61 Å². The van der Waals surface area contributed by atoms with E-state index in [1.165, 1.54) is 0 Å². The Labute approximate surface area is 132 Å². The van der Waals surface area contributed by atoms with Crippen molar-refractivity contribution in [2.75, 3.05) is 26.2 Å². The maximum Gasteiger partial charge on any atom is 0.319 e. The fourth-order valence-corrected chi connectivity index (χ4v) is 3.79. The Hall–Kier alpha value is -1.39. The van der Waals surface area contributed by atoms with E-state index in [0.717, 1.165) is 38.0 Å². The summed E-state index contributed by atoms with van der Waals surface area (Å²) in [4.78, 5) is 15.2. The second-order valence-electron chi connectivity index (χ2n) is 6.54. The lowest BCUT2D eigenvalue weighted by Gasteiger charge is -2.45. The average molecular weight is 303 g/mol. The zero-order chi connectivity index (χ0) is 15.6. The van der Waals surface area contributed by atoms with Crippen LogP contribution in [-0.2, 0) is 14.9 Å². The Balaban J connectivity index is 1.78. The first-order valence-electron chi connectivity index (χ1n) is 8.29. The quantitative estimate of drug-likeness (QED) is 0.845. The summed E-state index contributed by atoms with van der Waals surface area (Å²) >= 11 is 0. The monoisotopic (exact) mass is 303 g/mol. The van der Waals surface area contributed by atoms with Gasteiger partial charge in [-0.3, -0.25) is 9.69 Å². The fourth-order valence-electron chi connectivity index (χ4n) is 3.79. The Morgan fingerprint density at radius 1 is 1.32 bits per heavy atom. The summed E-state index contributed by atoms with van der Waals surface area (Å²) in [6, 6.07) is 9.52. The van der Waals surface area contributed by atoms with Crippen LogP contribution in [0.3, 0.4) is 0 Å². The van der Waals surface area contributed by atoms with E-state index < -0.39 is 5.41 Å². The average Bonchev–Trinajstić information content (AvgIpc) is 2.58. The minimum atomic E-state index is -0.937. The summed E-state index contributed by atoms with van der Waals surface area (Å²) in [5.41, 5.74) is -0.0981. The van der Waals surface area contributed by atoms with Crippen molar-refractivity contribution in [1.29, 1.82) is 0 Å². The number of rotatable bonds is 5. The van der Waals surface area contributed by atoms with Gasteiger partial charge in [-0.05, 0) is 43.8 Å². The molecule has 22 heavy (non-hydrogen) atoms. The molecule has 4 nitrogen and oxygen atoms in total.